The second kappa shape index (κ2) is 3.99. The van der Waals surface area contributed by atoms with E-state index in [0.29, 0.717) is 12.0 Å². The quantitative estimate of drug-likeness (QED) is 0.698. The van der Waals surface area contributed by atoms with Gasteiger partial charge in [0.05, 0.1) is 12.4 Å². The van der Waals surface area contributed by atoms with Gasteiger partial charge in [-0.3, -0.25) is 4.98 Å². The number of pyridine rings is 1. The Balaban J connectivity index is 3.00. The Morgan fingerprint density at radius 1 is 1.50 bits per heavy atom. The zero-order valence-corrected chi connectivity index (χ0v) is 6.68. The van der Waals surface area contributed by atoms with E-state index in [0.717, 1.165) is 6.20 Å². The molecule has 1 rings (SSSR count). The molecule has 1 aromatic rings. The van der Waals surface area contributed by atoms with Crippen molar-refractivity contribution in [3.8, 4) is 5.75 Å². The van der Waals surface area contributed by atoms with Gasteiger partial charge in [0.25, 0.3) is 0 Å². The summed E-state index contributed by atoms with van der Waals surface area (Å²) in [6, 6.07) is 0. The van der Waals surface area contributed by atoms with Gasteiger partial charge in [0, 0.05) is 5.56 Å². The van der Waals surface area contributed by atoms with Crippen LogP contribution < -0.4 is 4.74 Å². The number of hydrogen-bond donors (Lipinski definition) is 0. The maximum Gasteiger partial charge on any atom is 0.228 e. The molecule has 0 radical (unpaired) electrons. The topological polar surface area (TPSA) is 22.1 Å². The van der Waals surface area contributed by atoms with Crippen molar-refractivity contribution in [2.75, 3.05) is 6.86 Å². The molecule has 4 heteroatoms. The second-order valence-corrected chi connectivity index (χ2v) is 2.21. The van der Waals surface area contributed by atoms with Crippen molar-refractivity contribution in [3.63, 3.8) is 0 Å². The fourth-order valence-corrected chi connectivity index (χ4v) is 0.970. The van der Waals surface area contributed by atoms with E-state index in [2.05, 4.69) is 9.72 Å². The van der Waals surface area contributed by atoms with Crippen LogP contribution in [0.3, 0.4) is 0 Å². The van der Waals surface area contributed by atoms with Crippen LogP contribution >= 0.6 is 0 Å². The minimum atomic E-state index is -0.960. The Labute approximate surface area is 69.2 Å². The lowest BCUT2D eigenvalue weighted by Gasteiger charge is -2.06. The van der Waals surface area contributed by atoms with Crippen LogP contribution in [0.2, 0.25) is 0 Å². The van der Waals surface area contributed by atoms with E-state index in [9.17, 15) is 8.78 Å². The minimum absolute atomic E-state index is 0.181. The highest BCUT2D eigenvalue weighted by Crippen LogP contribution is 2.20. The maximum absolute atomic E-state index is 12.9. The van der Waals surface area contributed by atoms with Crippen LogP contribution in [0.1, 0.15) is 12.5 Å². The zero-order chi connectivity index (χ0) is 8.97. The molecule has 0 spiro atoms. The van der Waals surface area contributed by atoms with Crippen molar-refractivity contribution in [1.29, 1.82) is 0 Å². The van der Waals surface area contributed by atoms with Crippen LogP contribution in [0.25, 0.3) is 0 Å². The maximum atomic E-state index is 12.9. The van der Waals surface area contributed by atoms with Gasteiger partial charge in [0.1, 0.15) is 11.6 Å². The van der Waals surface area contributed by atoms with Crippen LogP contribution in [0.4, 0.5) is 8.78 Å². The Morgan fingerprint density at radius 3 is 2.83 bits per heavy atom. The summed E-state index contributed by atoms with van der Waals surface area (Å²) in [5, 5.41) is 0. The smallest absolute Gasteiger partial charge is 0.228 e. The molecule has 0 atom stereocenters. The molecule has 0 saturated heterocycles. The lowest BCUT2D eigenvalue weighted by Crippen LogP contribution is -1.98. The molecule has 0 aromatic carbocycles. The predicted octanol–water partition coefficient (Wildman–Crippen LogP) is 2.09. The fourth-order valence-electron chi connectivity index (χ4n) is 0.970. The monoisotopic (exact) mass is 173 g/mol. The van der Waals surface area contributed by atoms with E-state index >= 15 is 0 Å². The lowest BCUT2D eigenvalue weighted by molar-refractivity contribution is 0.188. The third-order valence-electron chi connectivity index (χ3n) is 1.53. The SMILES string of the molecule is CCc1c(F)cncc1OCF. The van der Waals surface area contributed by atoms with Gasteiger partial charge in [-0.2, -0.15) is 0 Å². The first-order valence-corrected chi connectivity index (χ1v) is 3.60. The zero-order valence-electron chi connectivity index (χ0n) is 6.68. The molecule has 2 nitrogen and oxygen atoms in total. The largest absolute Gasteiger partial charge is 0.461 e. The average molecular weight is 173 g/mol. The molecule has 1 heterocycles. The summed E-state index contributed by atoms with van der Waals surface area (Å²) in [5.41, 5.74) is 0.364. The third-order valence-corrected chi connectivity index (χ3v) is 1.53. The summed E-state index contributed by atoms with van der Waals surface area (Å²) in [6.45, 7) is 0.807. The number of aromatic nitrogens is 1. The first-order valence-electron chi connectivity index (χ1n) is 3.60. The van der Waals surface area contributed by atoms with Crippen LogP contribution in [-0.2, 0) is 6.42 Å². The summed E-state index contributed by atoms with van der Waals surface area (Å²) in [7, 11) is 0. The molecule has 0 aliphatic carbocycles. The molecule has 0 N–H and O–H groups in total. The first-order chi connectivity index (χ1) is 5.79. The number of hydrogen-bond acceptors (Lipinski definition) is 2. The summed E-state index contributed by atoms with van der Waals surface area (Å²) in [4.78, 5) is 3.54. The van der Waals surface area contributed by atoms with Crippen molar-refractivity contribution >= 4 is 0 Å². The standard InChI is InChI=1S/C8H9F2NO/c1-2-6-7(10)3-11-4-8(6)12-5-9/h3-4H,2,5H2,1H3. The van der Waals surface area contributed by atoms with E-state index in [1.54, 1.807) is 6.92 Å². The Kier molecular flexibility index (Phi) is 2.96. The second-order valence-electron chi connectivity index (χ2n) is 2.21. The van der Waals surface area contributed by atoms with Crippen molar-refractivity contribution in [1.82, 2.24) is 4.98 Å². The van der Waals surface area contributed by atoms with Gasteiger partial charge in [-0.15, -0.1) is 0 Å². The van der Waals surface area contributed by atoms with Gasteiger partial charge in [-0.1, -0.05) is 6.92 Å². The van der Waals surface area contributed by atoms with E-state index in [-0.39, 0.29) is 5.75 Å². The molecule has 0 aliphatic heterocycles. The minimum Gasteiger partial charge on any atom is -0.461 e. The van der Waals surface area contributed by atoms with E-state index in [1.165, 1.54) is 6.20 Å². The lowest BCUT2D eigenvalue weighted by atomic mass is 10.2. The number of rotatable bonds is 3. The summed E-state index contributed by atoms with van der Waals surface area (Å²) in [5.74, 6) is -0.275. The highest BCUT2D eigenvalue weighted by Gasteiger charge is 2.07. The molecule has 0 aliphatic rings. The molecular formula is C8H9F2NO. The third kappa shape index (κ3) is 1.69. The van der Waals surface area contributed by atoms with Gasteiger partial charge in [-0.25, -0.2) is 8.78 Å². The molecule has 0 saturated carbocycles. The first kappa shape index (κ1) is 8.90. The Hall–Kier alpha value is -1.19. The normalized spacial score (nSPS) is 9.92. The Bertz CT molecular complexity index is 265. The highest BCUT2D eigenvalue weighted by atomic mass is 19.1. The van der Waals surface area contributed by atoms with Gasteiger partial charge in [0.15, 0.2) is 0 Å². The number of nitrogens with zero attached hydrogens (tertiary/aromatic N) is 1. The molecule has 12 heavy (non-hydrogen) atoms. The van der Waals surface area contributed by atoms with Gasteiger partial charge >= 0.3 is 0 Å². The van der Waals surface area contributed by atoms with Crippen LogP contribution in [0, 0.1) is 5.82 Å². The van der Waals surface area contributed by atoms with E-state index in [4.69, 9.17) is 0 Å². The van der Waals surface area contributed by atoms with Gasteiger partial charge < -0.3 is 4.74 Å². The molecule has 66 valence electrons. The van der Waals surface area contributed by atoms with Crippen LogP contribution in [0.15, 0.2) is 12.4 Å². The molecule has 0 amide bonds. The number of alkyl halides is 1. The number of ether oxygens (including phenoxy) is 1. The molecule has 0 bridgehead atoms. The number of halogens is 2. The highest BCUT2D eigenvalue weighted by molar-refractivity contribution is 5.30. The molecular weight excluding hydrogens is 164 g/mol. The molecule has 1 aromatic heterocycles. The predicted molar refractivity (Wildman–Crippen MR) is 40.2 cm³/mol. The van der Waals surface area contributed by atoms with E-state index < -0.39 is 12.7 Å². The average Bonchev–Trinajstić information content (AvgIpc) is 2.05. The van der Waals surface area contributed by atoms with Gasteiger partial charge in [0.2, 0.25) is 6.86 Å². The van der Waals surface area contributed by atoms with E-state index in [1.807, 2.05) is 0 Å². The summed E-state index contributed by atoms with van der Waals surface area (Å²) >= 11 is 0. The molecule has 0 unspecified atom stereocenters. The van der Waals surface area contributed by atoms with Crippen LogP contribution in [0.5, 0.6) is 5.75 Å². The van der Waals surface area contributed by atoms with Crippen molar-refractivity contribution in [2.45, 2.75) is 13.3 Å². The van der Waals surface area contributed by atoms with Crippen molar-refractivity contribution in [3.05, 3.63) is 23.8 Å². The summed E-state index contributed by atoms with van der Waals surface area (Å²) in [6.07, 6.45) is 2.86. The van der Waals surface area contributed by atoms with Gasteiger partial charge in [-0.05, 0) is 6.42 Å². The van der Waals surface area contributed by atoms with Crippen LogP contribution in [-0.4, -0.2) is 11.8 Å². The summed E-state index contributed by atoms with van der Waals surface area (Å²) < 4.78 is 29.2. The van der Waals surface area contributed by atoms with Crippen molar-refractivity contribution in [2.24, 2.45) is 0 Å². The molecule has 0 fully saturated rings. The Morgan fingerprint density at radius 2 is 2.25 bits per heavy atom. The fraction of sp³-hybridized carbons (Fsp3) is 0.375. The van der Waals surface area contributed by atoms with Crippen molar-refractivity contribution < 1.29 is 13.5 Å².